The number of amides is 2. The van der Waals surface area contributed by atoms with Crippen molar-refractivity contribution in [3.8, 4) is 5.75 Å². The lowest BCUT2D eigenvalue weighted by molar-refractivity contribution is 0.256. The molecule has 1 heterocycles. The molecule has 1 aliphatic heterocycles. The number of nitrogens with one attached hydrogen (secondary N) is 1. The standard InChI is InChI=1S/C16H14BrN3O2.ClH/c1-2-22-15-6-3-11(17)7-10(15)9-18-12-4-5-13-14(8-12)20-16(21)19-13;/h3-8,18H,2,9H2,1H3;1H. The van der Waals surface area contributed by atoms with Crippen molar-refractivity contribution >= 4 is 40.1 Å². The number of halogens is 2. The first-order chi connectivity index (χ1) is 10.7. The van der Waals surface area contributed by atoms with Crippen LogP contribution < -0.4 is 20.8 Å². The normalized spacial score (nSPS) is 11.8. The summed E-state index contributed by atoms with van der Waals surface area (Å²) in [6.45, 7) is 3.19. The van der Waals surface area contributed by atoms with Gasteiger partial charge in [0.15, 0.2) is 0 Å². The van der Waals surface area contributed by atoms with Gasteiger partial charge in [-0.1, -0.05) is 15.9 Å². The summed E-state index contributed by atoms with van der Waals surface area (Å²) in [5.41, 5.74) is 1.93. The Hall–Kier alpha value is -1.92. The summed E-state index contributed by atoms with van der Waals surface area (Å²) in [6, 6.07) is 11.0. The molecule has 0 radical (unpaired) electrons. The first-order valence-electron chi connectivity index (χ1n) is 6.92. The van der Waals surface area contributed by atoms with E-state index < -0.39 is 6.03 Å². The zero-order chi connectivity index (χ0) is 15.5. The minimum absolute atomic E-state index is 0. The highest BCUT2D eigenvalue weighted by Crippen LogP contribution is 2.24. The third kappa shape index (κ3) is 4.09. The van der Waals surface area contributed by atoms with Gasteiger partial charge < -0.3 is 10.1 Å². The van der Waals surface area contributed by atoms with Gasteiger partial charge in [-0.05, 0) is 43.3 Å². The Bertz CT molecular complexity index is 855. The summed E-state index contributed by atoms with van der Waals surface area (Å²) in [4.78, 5) is 18.8. The van der Waals surface area contributed by atoms with Gasteiger partial charge in [-0.2, -0.15) is 9.98 Å². The average Bonchev–Trinajstić information content (AvgIpc) is 2.87. The van der Waals surface area contributed by atoms with Gasteiger partial charge in [0.1, 0.15) is 5.75 Å². The Kier molecular flexibility index (Phi) is 5.74. The lowest BCUT2D eigenvalue weighted by Crippen LogP contribution is -2.21. The van der Waals surface area contributed by atoms with Crippen molar-refractivity contribution in [1.82, 2.24) is 0 Å². The Morgan fingerprint density at radius 2 is 1.91 bits per heavy atom. The van der Waals surface area contributed by atoms with Crippen molar-refractivity contribution < 1.29 is 9.53 Å². The third-order valence-corrected chi connectivity index (χ3v) is 3.71. The van der Waals surface area contributed by atoms with Crippen molar-refractivity contribution in [3.63, 3.8) is 0 Å². The first kappa shape index (κ1) is 17.4. The molecule has 0 fully saturated rings. The minimum Gasteiger partial charge on any atom is -0.494 e. The van der Waals surface area contributed by atoms with Gasteiger partial charge in [-0.15, -0.1) is 12.4 Å². The smallest absolute Gasteiger partial charge is 0.368 e. The average molecular weight is 397 g/mol. The predicted octanol–water partition coefficient (Wildman–Crippen LogP) is 3.25. The number of carbonyl (C=O) groups excluding carboxylic acids is 1. The molecule has 1 N–H and O–H groups in total. The van der Waals surface area contributed by atoms with Crippen LogP contribution in [0.3, 0.4) is 0 Å². The number of hydrogen-bond donors (Lipinski definition) is 1. The van der Waals surface area contributed by atoms with E-state index in [0.29, 0.717) is 23.9 Å². The van der Waals surface area contributed by atoms with E-state index in [1.54, 1.807) is 6.07 Å². The molecular formula is C16H15BrClN3O2. The maximum atomic E-state index is 11.2. The third-order valence-electron chi connectivity index (χ3n) is 3.21. The molecule has 0 aromatic heterocycles. The molecule has 1 aliphatic rings. The number of benzene rings is 2. The molecule has 0 unspecified atom stereocenters. The topological polar surface area (TPSA) is 63.0 Å². The summed E-state index contributed by atoms with van der Waals surface area (Å²) in [5, 5.41) is 4.54. The molecule has 5 nitrogen and oxygen atoms in total. The number of anilines is 1. The lowest BCUT2D eigenvalue weighted by atomic mass is 10.2. The number of hydrogen-bond acceptors (Lipinski definition) is 3. The van der Waals surface area contributed by atoms with Crippen LogP contribution in [0.1, 0.15) is 12.5 Å². The first-order valence-corrected chi connectivity index (χ1v) is 7.71. The molecule has 2 aromatic carbocycles. The van der Waals surface area contributed by atoms with Crippen LogP contribution in [-0.2, 0) is 6.54 Å². The number of fused-ring (bicyclic) bond motifs is 1. The van der Waals surface area contributed by atoms with Crippen molar-refractivity contribution in [3.05, 3.63) is 57.1 Å². The minimum atomic E-state index is -0.447. The lowest BCUT2D eigenvalue weighted by Gasteiger charge is -2.12. The summed E-state index contributed by atoms with van der Waals surface area (Å²) in [7, 11) is 0. The maximum Gasteiger partial charge on any atom is 0.368 e. The quantitative estimate of drug-likeness (QED) is 0.844. The molecule has 3 rings (SSSR count). The number of nitrogens with zero attached hydrogens (tertiary/aromatic N) is 2. The van der Waals surface area contributed by atoms with E-state index in [1.165, 1.54) is 0 Å². The van der Waals surface area contributed by atoms with E-state index in [1.807, 2.05) is 37.3 Å². The largest absolute Gasteiger partial charge is 0.494 e. The summed E-state index contributed by atoms with van der Waals surface area (Å²) in [6.07, 6.45) is 0. The van der Waals surface area contributed by atoms with Crippen LogP contribution >= 0.6 is 28.3 Å². The molecule has 0 saturated heterocycles. The molecule has 0 spiro atoms. The van der Waals surface area contributed by atoms with Crippen LogP contribution in [0, 0.1) is 0 Å². The van der Waals surface area contributed by atoms with Crippen molar-refractivity contribution in [2.45, 2.75) is 13.5 Å². The van der Waals surface area contributed by atoms with Gasteiger partial charge >= 0.3 is 6.03 Å². The second-order valence-corrected chi connectivity index (χ2v) is 5.66. The highest BCUT2D eigenvalue weighted by molar-refractivity contribution is 9.10. The molecule has 23 heavy (non-hydrogen) atoms. The van der Waals surface area contributed by atoms with E-state index >= 15 is 0 Å². The summed E-state index contributed by atoms with van der Waals surface area (Å²) >= 11 is 3.47. The molecule has 0 saturated carbocycles. The van der Waals surface area contributed by atoms with Gasteiger partial charge in [0.2, 0.25) is 0 Å². The molecule has 120 valence electrons. The van der Waals surface area contributed by atoms with Crippen LogP contribution in [0.5, 0.6) is 5.75 Å². The van der Waals surface area contributed by atoms with E-state index in [0.717, 1.165) is 21.5 Å². The van der Waals surface area contributed by atoms with Gasteiger partial charge in [0, 0.05) is 22.3 Å². The molecule has 2 aromatic rings. The van der Waals surface area contributed by atoms with E-state index in [9.17, 15) is 4.79 Å². The van der Waals surface area contributed by atoms with Crippen molar-refractivity contribution in [1.29, 1.82) is 0 Å². The Labute approximate surface area is 148 Å². The van der Waals surface area contributed by atoms with Gasteiger partial charge in [-0.25, -0.2) is 4.79 Å². The number of ether oxygens (including phenoxy) is 1. The molecular weight excluding hydrogens is 382 g/mol. The van der Waals surface area contributed by atoms with E-state index in [4.69, 9.17) is 4.74 Å². The number of rotatable bonds is 5. The van der Waals surface area contributed by atoms with Gasteiger partial charge in [0.05, 0.1) is 17.3 Å². The molecule has 0 bridgehead atoms. The van der Waals surface area contributed by atoms with Crippen LogP contribution in [0.15, 0.2) is 50.9 Å². The van der Waals surface area contributed by atoms with Crippen LogP contribution in [0.4, 0.5) is 10.5 Å². The number of carbonyl (C=O) groups is 1. The Balaban J connectivity index is 0.00000192. The fraction of sp³-hybridized carbons (Fsp3) is 0.188. The van der Waals surface area contributed by atoms with Crippen LogP contribution in [-0.4, -0.2) is 12.6 Å². The van der Waals surface area contributed by atoms with Crippen LogP contribution in [0.25, 0.3) is 0 Å². The Morgan fingerprint density at radius 3 is 2.70 bits per heavy atom. The van der Waals surface area contributed by atoms with Crippen molar-refractivity contribution in [2.24, 2.45) is 9.98 Å². The zero-order valence-electron chi connectivity index (χ0n) is 12.4. The van der Waals surface area contributed by atoms with E-state index in [-0.39, 0.29) is 12.4 Å². The molecule has 2 amide bonds. The van der Waals surface area contributed by atoms with Gasteiger partial charge in [0.25, 0.3) is 0 Å². The van der Waals surface area contributed by atoms with Crippen LogP contribution in [0.2, 0.25) is 0 Å². The fourth-order valence-electron chi connectivity index (χ4n) is 2.23. The van der Waals surface area contributed by atoms with Crippen molar-refractivity contribution in [2.75, 3.05) is 11.9 Å². The second kappa shape index (κ2) is 7.57. The predicted molar refractivity (Wildman–Crippen MR) is 94.0 cm³/mol. The fourth-order valence-corrected chi connectivity index (χ4v) is 2.64. The monoisotopic (exact) mass is 395 g/mol. The second-order valence-electron chi connectivity index (χ2n) is 4.75. The molecule has 0 atom stereocenters. The summed E-state index contributed by atoms with van der Waals surface area (Å²) in [5.74, 6) is 0.856. The highest BCUT2D eigenvalue weighted by Gasteiger charge is 2.07. The summed E-state index contributed by atoms with van der Waals surface area (Å²) < 4.78 is 6.63. The molecule has 7 heteroatoms. The highest BCUT2D eigenvalue weighted by atomic mass is 79.9. The molecule has 0 aliphatic carbocycles. The maximum absolute atomic E-state index is 11.2. The zero-order valence-corrected chi connectivity index (χ0v) is 14.8. The Morgan fingerprint density at radius 1 is 1.13 bits per heavy atom. The SMILES string of the molecule is CCOc1ccc(Br)cc1CNc1ccc2c(c1)=NC(=O)N=2.Cl. The van der Waals surface area contributed by atoms with E-state index in [2.05, 4.69) is 31.2 Å². The van der Waals surface area contributed by atoms with Gasteiger partial charge in [-0.3, -0.25) is 0 Å². The number of urea groups is 1.